The zero-order chi connectivity index (χ0) is 12.3. The van der Waals surface area contributed by atoms with Gasteiger partial charge in [0, 0.05) is 12.1 Å². The number of carbonyl (C=O) groups excluding carboxylic acids is 1. The van der Waals surface area contributed by atoms with E-state index < -0.39 is 21.1 Å². The highest BCUT2D eigenvalue weighted by atomic mass is 32.2. The van der Waals surface area contributed by atoms with Crippen LogP contribution in [0.5, 0.6) is 0 Å². The molecule has 90 valence electrons. The predicted molar refractivity (Wildman–Crippen MR) is 55.7 cm³/mol. The summed E-state index contributed by atoms with van der Waals surface area (Å²) < 4.78 is 34.6. The van der Waals surface area contributed by atoms with Crippen LogP contribution < -0.4 is 5.32 Å². The molecule has 1 unspecified atom stereocenters. The lowest BCUT2D eigenvalue weighted by Crippen LogP contribution is -2.31. The quantitative estimate of drug-likeness (QED) is 0.775. The summed E-state index contributed by atoms with van der Waals surface area (Å²) in [6.45, 7) is 3.73. The van der Waals surface area contributed by atoms with Crippen molar-refractivity contribution in [3.63, 3.8) is 0 Å². The Morgan fingerprint density at radius 1 is 1.62 bits per heavy atom. The largest absolute Gasteiger partial charge is 0.450 e. The summed E-state index contributed by atoms with van der Waals surface area (Å²) in [5.41, 5.74) is 0.0629. The van der Waals surface area contributed by atoms with Crippen molar-refractivity contribution in [2.45, 2.75) is 31.4 Å². The van der Waals surface area contributed by atoms with Crippen molar-refractivity contribution < 1.29 is 22.2 Å². The van der Waals surface area contributed by atoms with Crippen LogP contribution in [0.2, 0.25) is 0 Å². The molecule has 0 radical (unpaired) electrons. The van der Waals surface area contributed by atoms with Gasteiger partial charge in [-0.05, 0) is 13.3 Å². The maximum absolute atomic E-state index is 11.5. The Hall–Kier alpha value is -1.34. The van der Waals surface area contributed by atoms with E-state index in [1.165, 1.54) is 0 Å². The Labute approximate surface area is 93.4 Å². The van der Waals surface area contributed by atoms with Crippen molar-refractivity contribution in [2.75, 3.05) is 0 Å². The minimum absolute atomic E-state index is 0.0171. The first-order chi connectivity index (χ1) is 7.34. The second-order valence-electron chi connectivity index (χ2n) is 3.41. The molecule has 0 aliphatic carbocycles. The van der Waals surface area contributed by atoms with Crippen molar-refractivity contribution in [3.05, 3.63) is 17.9 Å². The van der Waals surface area contributed by atoms with Crippen LogP contribution in [0.1, 0.15) is 30.6 Å². The van der Waals surface area contributed by atoms with Gasteiger partial charge in [-0.2, -0.15) is 8.42 Å². The van der Waals surface area contributed by atoms with Crippen LogP contribution in [-0.2, 0) is 10.1 Å². The lowest BCUT2D eigenvalue weighted by Gasteiger charge is -2.09. The van der Waals surface area contributed by atoms with Crippen LogP contribution in [0.15, 0.2) is 21.8 Å². The molecule has 0 fully saturated rings. The maximum atomic E-state index is 11.5. The molecule has 0 aliphatic rings. The zero-order valence-corrected chi connectivity index (χ0v) is 9.74. The topological polar surface area (TPSA) is 96.6 Å². The fourth-order valence-electron chi connectivity index (χ4n) is 0.980. The summed E-state index contributed by atoms with van der Waals surface area (Å²) in [4.78, 5) is 11.5. The molecule has 0 saturated heterocycles. The molecule has 1 heterocycles. The van der Waals surface area contributed by atoms with Crippen molar-refractivity contribution in [2.24, 2.45) is 0 Å². The van der Waals surface area contributed by atoms with E-state index in [1.807, 2.05) is 13.8 Å². The van der Waals surface area contributed by atoms with E-state index in [-0.39, 0.29) is 11.6 Å². The molecule has 1 atom stereocenters. The van der Waals surface area contributed by atoms with Crippen LogP contribution in [0.3, 0.4) is 0 Å². The van der Waals surface area contributed by atoms with E-state index in [4.69, 9.17) is 4.55 Å². The summed E-state index contributed by atoms with van der Waals surface area (Å²) in [6, 6.07) is 0.962. The van der Waals surface area contributed by atoms with Crippen molar-refractivity contribution in [1.82, 2.24) is 5.32 Å². The molecule has 2 N–H and O–H groups in total. The maximum Gasteiger partial charge on any atom is 0.328 e. The molecule has 0 aromatic carbocycles. The molecule has 1 aromatic heterocycles. The Morgan fingerprint density at radius 3 is 2.69 bits per heavy atom. The first-order valence-electron chi connectivity index (χ1n) is 4.71. The van der Waals surface area contributed by atoms with Gasteiger partial charge >= 0.3 is 10.1 Å². The smallest absolute Gasteiger partial charge is 0.328 e. The average Bonchev–Trinajstić information content (AvgIpc) is 2.65. The van der Waals surface area contributed by atoms with Crippen molar-refractivity contribution in [3.8, 4) is 0 Å². The van der Waals surface area contributed by atoms with Gasteiger partial charge < -0.3 is 9.73 Å². The Kier molecular flexibility index (Phi) is 3.71. The van der Waals surface area contributed by atoms with Crippen LogP contribution in [0, 0.1) is 0 Å². The summed E-state index contributed by atoms with van der Waals surface area (Å²) in [5.74, 6) is -0.437. The highest BCUT2D eigenvalue weighted by Crippen LogP contribution is 2.13. The Morgan fingerprint density at radius 2 is 2.25 bits per heavy atom. The van der Waals surface area contributed by atoms with Gasteiger partial charge in [0.15, 0.2) is 0 Å². The molecule has 6 nitrogen and oxygen atoms in total. The van der Waals surface area contributed by atoms with Crippen LogP contribution in [0.4, 0.5) is 0 Å². The van der Waals surface area contributed by atoms with E-state index in [2.05, 4.69) is 9.73 Å². The Balaban J connectivity index is 2.83. The first-order valence-corrected chi connectivity index (χ1v) is 6.15. The average molecular weight is 247 g/mol. The number of hydrogen-bond donors (Lipinski definition) is 2. The molecule has 0 spiro atoms. The molecule has 0 bridgehead atoms. The van der Waals surface area contributed by atoms with Crippen molar-refractivity contribution in [1.29, 1.82) is 0 Å². The van der Waals surface area contributed by atoms with Crippen molar-refractivity contribution >= 4 is 16.0 Å². The predicted octanol–water partition coefficient (Wildman–Crippen LogP) is 1.05. The third-order valence-electron chi connectivity index (χ3n) is 2.08. The van der Waals surface area contributed by atoms with Gasteiger partial charge in [-0.3, -0.25) is 9.35 Å². The highest BCUT2D eigenvalue weighted by molar-refractivity contribution is 7.85. The lowest BCUT2D eigenvalue weighted by atomic mass is 10.2. The standard InChI is InChI=1S/C9H13NO5S/c1-3-6(2)10-9(11)7-4-8(15-5-7)16(12,13)14/h4-6H,3H2,1-2H3,(H,10,11)(H,12,13,14). The molecule has 7 heteroatoms. The third kappa shape index (κ3) is 3.07. The van der Waals surface area contributed by atoms with Gasteiger partial charge in [0.05, 0.1) is 5.56 Å². The van der Waals surface area contributed by atoms with Gasteiger partial charge in [-0.15, -0.1) is 0 Å². The van der Waals surface area contributed by atoms with E-state index >= 15 is 0 Å². The van der Waals surface area contributed by atoms with Gasteiger partial charge in [0.2, 0.25) is 5.09 Å². The van der Waals surface area contributed by atoms with Crippen LogP contribution >= 0.6 is 0 Å². The number of hydrogen-bond acceptors (Lipinski definition) is 4. The third-order valence-corrected chi connectivity index (χ3v) is 2.80. The monoisotopic (exact) mass is 247 g/mol. The van der Waals surface area contributed by atoms with Crippen LogP contribution in [0.25, 0.3) is 0 Å². The fourth-order valence-corrected chi connectivity index (χ4v) is 1.43. The number of amides is 1. The first kappa shape index (κ1) is 12.7. The highest BCUT2D eigenvalue weighted by Gasteiger charge is 2.18. The molecule has 0 aliphatic heterocycles. The van der Waals surface area contributed by atoms with Gasteiger partial charge in [-0.1, -0.05) is 6.92 Å². The lowest BCUT2D eigenvalue weighted by molar-refractivity contribution is 0.0938. The Bertz CT molecular complexity index is 476. The second-order valence-corrected chi connectivity index (χ2v) is 4.76. The number of carbonyl (C=O) groups is 1. The summed E-state index contributed by atoms with van der Waals surface area (Å²) in [5, 5.41) is 2.00. The molecular formula is C9H13NO5S. The minimum atomic E-state index is -4.40. The second kappa shape index (κ2) is 4.67. The molecular weight excluding hydrogens is 234 g/mol. The van der Waals surface area contributed by atoms with E-state index in [9.17, 15) is 13.2 Å². The fraction of sp³-hybridized carbons (Fsp3) is 0.444. The van der Waals surface area contributed by atoms with Gasteiger partial charge in [0.25, 0.3) is 5.91 Å². The van der Waals surface area contributed by atoms with E-state index in [0.717, 1.165) is 18.8 Å². The molecule has 1 rings (SSSR count). The number of rotatable bonds is 4. The number of nitrogens with one attached hydrogen (secondary N) is 1. The minimum Gasteiger partial charge on any atom is -0.450 e. The molecule has 16 heavy (non-hydrogen) atoms. The summed E-state index contributed by atoms with van der Waals surface area (Å²) in [6.07, 6.45) is 1.75. The summed E-state index contributed by atoms with van der Waals surface area (Å²) in [7, 11) is -4.40. The van der Waals surface area contributed by atoms with Crippen LogP contribution in [-0.4, -0.2) is 24.9 Å². The van der Waals surface area contributed by atoms with Gasteiger partial charge in [-0.25, -0.2) is 0 Å². The molecule has 1 amide bonds. The zero-order valence-electron chi connectivity index (χ0n) is 8.93. The SMILES string of the molecule is CCC(C)NC(=O)c1coc(S(=O)(=O)O)c1. The molecule has 1 aromatic rings. The summed E-state index contributed by atoms with van der Waals surface area (Å²) >= 11 is 0. The van der Waals surface area contributed by atoms with E-state index in [0.29, 0.717) is 0 Å². The van der Waals surface area contributed by atoms with Gasteiger partial charge in [0.1, 0.15) is 6.26 Å². The molecule has 0 saturated carbocycles. The normalized spacial score (nSPS) is 13.4. The van der Waals surface area contributed by atoms with E-state index in [1.54, 1.807) is 0 Å². The number of furan rings is 1.